The van der Waals surface area contributed by atoms with Crippen LogP contribution in [-0.4, -0.2) is 45.7 Å². The Kier molecular flexibility index (Phi) is 4.75. The van der Waals surface area contributed by atoms with E-state index in [0.717, 1.165) is 23.4 Å². The normalized spacial score (nSPS) is 24.8. The molecule has 7 heteroatoms. The number of ether oxygens (including phenoxy) is 2. The number of carbonyl (C=O) groups is 1. The highest BCUT2D eigenvalue weighted by Gasteiger charge is 2.56. The number of benzene rings is 1. The average molecular weight is 438 g/mol. The molecule has 3 aliphatic rings. The Morgan fingerprint density at radius 2 is 1.94 bits per heavy atom. The van der Waals surface area contributed by atoms with Crippen molar-refractivity contribution in [1.82, 2.24) is 14.5 Å². The summed E-state index contributed by atoms with van der Waals surface area (Å²) in [5, 5.41) is 0. The van der Waals surface area contributed by atoms with Gasteiger partial charge in [0.2, 0.25) is 5.91 Å². The van der Waals surface area contributed by atoms with E-state index in [1.807, 2.05) is 17.9 Å². The Morgan fingerprint density at radius 1 is 1.19 bits per heavy atom. The second-order valence-corrected chi connectivity index (χ2v) is 10.4. The summed E-state index contributed by atoms with van der Waals surface area (Å²) >= 11 is 0. The van der Waals surface area contributed by atoms with Gasteiger partial charge in [-0.15, -0.1) is 0 Å². The molecule has 1 aromatic heterocycles. The molecule has 2 atom stereocenters. The van der Waals surface area contributed by atoms with E-state index in [0.29, 0.717) is 25.4 Å². The van der Waals surface area contributed by atoms with Crippen molar-refractivity contribution in [3.63, 3.8) is 0 Å². The van der Waals surface area contributed by atoms with Crippen molar-refractivity contribution in [3.8, 4) is 5.75 Å². The maximum Gasteiger partial charge on any atom is 0.348 e. The topological polar surface area (TPSA) is 73.7 Å². The molecule has 2 aromatic rings. The molecule has 0 unspecified atom stereocenters. The maximum atomic E-state index is 12.9. The fraction of sp³-hybridized carbons (Fsp3) is 0.560. The van der Waals surface area contributed by atoms with Crippen LogP contribution in [0.15, 0.2) is 29.1 Å². The summed E-state index contributed by atoms with van der Waals surface area (Å²) in [6.45, 7) is 11.9. The number of aryl methyl sites for hydroxylation is 3. The molecule has 2 fully saturated rings. The summed E-state index contributed by atoms with van der Waals surface area (Å²) in [6, 6.07) is 8.15. The standard InChI is InChI=1S/C25H31N3O4/c1-15-6-7-18-20(8-15)32-24(4,5)19-10-25(14-31-22(18)19)12-27(13-25)21(29)11-28-17(3)9-16(2)26-23(28)30/h6-9,19,22H,10-14H2,1-5H3/t19-,22+/m0/s1. The van der Waals surface area contributed by atoms with Crippen LogP contribution < -0.4 is 10.4 Å². The highest BCUT2D eigenvalue weighted by atomic mass is 16.5. The predicted molar refractivity (Wildman–Crippen MR) is 120 cm³/mol. The summed E-state index contributed by atoms with van der Waals surface area (Å²) < 4.78 is 14.3. The smallest absolute Gasteiger partial charge is 0.348 e. The van der Waals surface area contributed by atoms with Gasteiger partial charge in [0, 0.05) is 41.4 Å². The van der Waals surface area contributed by atoms with Crippen LogP contribution >= 0.6 is 0 Å². The summed E-state index contributed by atoms with van der Waals surface area (Å²) in [6.07, 6.45) is 0.969. The lowest BCUT2D eigenvalue weighted by Crippen LogP contribution is -2.65. The number of amides is 1. The zero-order valence-corrected chi connectivity index (χ0v) is 19.5. The molecule has 0 radical (unpaired) electrons. The first-order chi connectivity index (χ1) is 15.1. The number of likely N-dealkylation sites (tertiary alicyclic amines) is 1. The van der Waals surface area contributed by atoms with Gasteiger partial charge in [-0.2, -0.15) is 4.98 Å². The number of carbonyl (C=O) groups excluding carboxylic acids is 1. The SMILES string of the molecule is Cc1ccc2c(c1)OC(C)(C)[C@H]1CC3(CO[C@H]21)CN(C(=O)Cn1c(C)cc(C)nc1=O)C3. The fourth-order valence-corrected chi connectivity index (χ4v) is 5.62. The highest BCUT2D eigenvalue weighted by Crippen LogP contribution is 2.55. The van der Waals surface area contributed by atoms with Crippen molar-refractivity contribution >= 4 is 5.91 Å². The molecule has 0 bridgehead atoms. The molecule has 0 aliphatic carbocycles. The highest BCUT2D eigenvalue weighted by molar-refractivity contribution is 5.77. The maximum absolute atomic E-state index is 12.9. The lowest BCUT2D eigenvalue weighted by molar-refractivity contribution is -0.201. The van der Waals surface area contributed by atoms with Crippen molar-refractivity contribution in [2.45, 2.75) is 59.3 Å². The van der Waals surface area contributed by atoms with Crippen LogP contribution in [0.2, 0.25) is 0 Å². The quantitative estimate of drug-likeness (QED) is 0.722. The van der Waals surface area contributed by atoms with E-state index < -0.39 is 0 Å². The number of hydrogen-bond donors (Lipinski definition) is 0. The molecule has 1 aromatic carbocycles. The summed E-state index contributed by atoms with van der Waals surface area (Å²) in [5.41, 5.74) is 2.96. The van der Waals surface area contributed by atoms with Gasteiger partial charge in [-0.05, 0) is 58.7 Å². The van der Waals surface area contributed by atoms with E-state index >= 15 is 0 Å². The first-order valence-corrected chi connectivity index (χ1v) is 11.3. The van der Waals surface area contributed by atoms with Gasteiger partial charge in [0.05, 0.1) is 12.7 Å². The first-order valence-electron chi connectivity index (χ1n) is 11.3. The van der Waals surface area contributed by atoms with E-state index in [-0.39, 0.29) is 41.2 Å². The average Bonchev–Trinajstić information content (AvgIpc) is 2.68. The minimum absolute atomic E-state index is 0.0181. The molecule has 32 heavy (non-hydrogen) atoms. The lowest BCUT2D eigenvalue weighted by Gasteiger charge is -2.58. The Morgan fingerprint density at radius 3 is 2.66 bits per heavy atom. The lowest BCUT2D eigenvalue weighted by atomic mass is 9.64. The van der Waals surface area contributed by atoms with Gasteiger partial charge >= 0.3 is 5.69 Å². The molecule has 0 N–H and O–H groups in total. The molecule has 170 valence electrons. The Bertz CT molecular complexity index is 1150. The molecule has 7 nitrogen and oxygen atoms in total. The van der Waals surface area contributed by atoms with Gasteiger partial charge in [0.25, 0.3) is 0 Å². The van der Waals surface area contributed by atoms with Gasteiger partial charge < -0.3 is 14.4 Å². The number of nitrogens with zero attached hydrogens (tertiary/aromatic N) is 3. The minimum atomic E-state index is -0.370. The van der Waals surface area contributed by atoms with E-state index in [9.17, 15) is 9.59 Å². The zero-order valence-electron chi connectivity index (χ0n) is 19.5. The van der Waals surface area contributed by atoms with E-state index in [1.54, 1.807) is 6.92 Å². The molecule has 0 saturated carbocycles. The molecule has 5 rings (SSSR count). The summed E-state index contributed by atoms with van der Waals surface area (Å²) in [7, 11) is 0. The third-order valence-electron chi connectivity index (χ3n) is 7.37. The number of fused-ring (bicyclic) bond motifs is 3. The van der Waals surface area contributed by atoms with Crippen LogP contribution in [0.1, 0.15) is 48.9 Å². The summed E-state index contributed by atoms with van der Waals surface area (Å²) in [5.74, 6) is 1.09. The third-order valence-corrected chi connectivity index (χ3v) is 7.37. The van der Waals surface area contributed by atoms with Crippen LogP contribution in [0.5, 0.6) is 5.75 Å². The summed E-state index contributed by atoms with van der Waals surface area (Å²) in [4.78, 5) is 30.9. The Balaban J connectivity index is 1.29. The minimum Gasteiger partial charge on any atom is -0.487 e. The van der Waals surface area contributed by atoms with Gasteiger partial charge in [0.1, 0.15) is 17.9 Å². The Labute approximate surface area is 188 Å². The monoisotopic (exact) mass is 437 g/mol. The van der Waals surface area contributed by atoms with Crippen molar-refractivity contribution in [2.24, 2.45) is 11.3 Å². The molecule has 1 amide bonds. The van der Waals surface area contributed by atoms with Crippen LogP contribution in [0.4, 0.5) is 0 Å². The molecular formula is C25H31N3O4. The van der Waals surface area contributed by atoms with E-state index in [4.69, 9.17) is 9.47 Å². The van der Waals surface area contributed by atoms with Gasteiger partial charge in [-0.3, -0.25) is 9.36 Å². The van der Waals surface area contributed by atoms with Gasteiger partial charge in [-0.25, -0.2) is 4.79 Å². The van der Waals surface area contributed by atoms with Crippen molar-refractivity contribution in [3.05, 3.63) is 57.3 Å². The molecule has 2 saturated heterocycles. The molecule has 3 aliphatic heterocycles. The molecular weight excluding hydrogens is 406 g/mol. The largest absolute Gasteiger partial charge is 0.487 e. The number of hydrogen-bond acceptors (Lipinski definition) is 5. The van der Waals surface area contributed by atoms with Gasteiger partial charge in [-0.1, -0.05) is 12.1 Å². The van der Waals surface area contributed by atoms with Crippen LogP contribution in [0, 0.1) is 32.1 Å². The number of rotatable bonds is 2. The zero-order chi connectivity index (χ0) is 22.8. The first kappa shape index (κ1) is 21.2. The predicted octanol–water partition coefficient (Wildman–Crippen LogP) is 2.95. The fourth-order valence-electron chi connectivity index (χ4n) is 5.62. The molecule has 4 heterocycles. The van der Waals surface area contributed by atoms with Crippen LogP contribution in [-0.2, 0) is 16.1 Å². The second-order valence-electron chi connectivity index (χ2n) is 10.4. The van der Waals surface area contributed by atoms with Crippen molar-refractivity contribution in [1.29, 1.82) is 0 Å². The van der Waals surface area contributed by atoms with E-state index in [1.165, 1.54) is 10.1 Å². The van der Waals surface area contributed by atoms with Gasteiger partial charge in [0.15, 0.2) is 0 Å². The Hall–Kier alpha value is -2.67. The van der Waals surface area contributed by atoms with E-state index in [2.05, 4.69) is 44.0 Å². The van der Waals surface area contributed by atoms with Crippen molar-refractivity contribution < 1.29 is 14.3 Å². The van der Waals surface area contributed by atoms with Crippen LogP contribution in [0.25, 0.3) is 0 Å². The van der Waals surface area contributed by atoms with Crippen molar-refractivity contribution in [2.75, 3.05) is 19.7 Å². The second kappa shape index (κ2) is 7.17. The third kappa shape index (κ3) is 3.43. The number of aromatic nitrogens is 2. The van der Waals surface area contributed by atoms with Crippen LogP contribution in [0.3, 0.4) is 0 Å². The molecule has 1 spiro atoms.